The first kappa shape index (κ1) is 29.7. The first-order valence-electron chi connectivity index (χ1n) is 13.5. The molecule has 12 heteroatoms. The molecule has 3 aromatic rings. The molecule has 0 unspecified atom stereocenters. The topological polar surface area (TPSA) is 127 Å². The normalized spacial score (nSPS) is 18.2. The van der Waals surface area contributed by atoms with Crippen LogP contribution in [-0.4, -0.2) is 75.7 Å². The quantitative estimate of drug-likeness (QED) is 0.327. The molecule has 10 nitrogen and oxygen atoms in total. The molecule has 218 valence electrons. The number of hydrogen-bond acceptors (Lipinski definition) is 8. The van der Waals surface area contributed by atoms with Crippen LogP contribution in [0.1, 0.15) is 26.3 Å². The molecule has 2 aliphatic rings. The molecular formula is C30H31ClN6O4S. The van der Waals surface area contributed by atoms with Crippen LogP contribution in [0.5, 0.6) is 0 Å². The minimum Gasteiger partial charge on any atom is -0.498 e. The van der Waals surface area contributed by atoms with Crippen LogP contribution >= 0.6 is 23.4 Å². The zero-order valence-electron chi connectivity index (χ0n) is 23.5. The number of carboxylic acid groups (broad SMARTS) is 1. The highest BCUT2D eigenvalue weighted by Gasteiger charge is 2.45. The Bertz CT molecular complexity index is 1630. The lowest BCUT2D eigenvalue weighted by Crippen LogP contribution is -2.73. The molecular weight excluding hydrogens is 576 g/mol. The van der Waals surface area contributed by atoms with Gasteiger partial charge >= 0.3 is 0 Å². The summed E-state index contributed by atoms with van der Waals surface area (Å²) >= 11 is 7.61. The summed E-state index contributed by atoms with van der Waals surface area (Å²) in [5.41, 5.74) is 2.25. The van der Waals surface area contributed by atoms with E-state index in [1.807, 2.05) is 56.0 Å². The number of benzene rings is 2. The number of aromatic nitrogens is 1. The van der Waals surface area contributed by atoms with Crippen molar-refractivity contribution in [1.82, 2.24) is 9.88 Å². The molecule has 2 aromatic carbocycles. The summed E-state index contributed by atoms with van der Waals surface area (Å²) in [6.45, 7) is 7.45. The molecule has 2 aliphatic heterocycles. The van der Waals surface area contributed by atoms with E-state index in [0.29, 0.717) is 52.6 Å². The molecule has 0 bridgehead atoms. The molecule has 3 heterocycles. The fourth-order valence-electron chi connectivity index (χ4n) is 5.15. The van der Waals surface area contributed by atoms with Gasteiger partial charge in [-0.3, -0.25) is 24.0 Å². The molecule has 1 saturated heterocycles. The number of halogens is 1. The van der Waals surface area contributed by atoms with Crippen LogP contribution < -0.4 is 15.7 Å². The number of amidine groups is 1. The van der Waals surface area contributed by atoms with E-state index in [-0.39, 0.29) is 22.8 Å². The number of anilines is 2. The molecule has 1 fully saturated rings. The highest BCUT2D eigenvalue weighted by atomic mass is 35.5. The second-order valence-electron chi connectivity index (χ2n) is 11.3. The van der Waals surface area contributed by atoms with Crippen molar-refractivity contribution in [3.8, 4) is 0 Å². The second kappa shape index (κ2) is 11.8. The number of pyridine rings is 1. The van der Waals surface area contributed by atoms with Gasteiger partial charge in [-0.1, -0.05) is 23.7 Å². The first-order valence-corrected chi connectivity index (χ1v) is 14.7. The number of amides is 3. The molecule has 2 N–H and O–H groups in total. The minimum atomic E-state index is -1.09. The van der Waals surface area contributed by atoms with Crippen LogP contribution in [0.25, 0.3) is 17.0 Å². The molecule has 3 amide bonds. The summed E-state index contributed by atoms with van der Waals surface area (Å²) in [5, 5.41) is 19.7. The van der Waals surface area contributed by atoms with Crippen molar-refractivity contribution in [1.29, 1.82) is 0 Å². The van der Waals surface area contributed by atoms with Gasteiger partial charge in [-0.15, -0.1) is 0 Å². The molecule has 0 atom stereocenters. The van der Waals surface area contributed by atoms with E-state index in [9.17, 15) is 19.5 Å². The molecule has 0 aliphatic carbocycles. The number of piperazine rings is 1. The predicted molar refractivity (Wildman–Crippen MR) is 165 cm³/mol. The average Bonchev–Trinajstić information content (AvgIpc) is 3.28. The molecule has 0 radical (unpaired) electrons. The summed E-state index contributed by atoms with van der Waals surface area (Å²) in [5.74, 6) is -0.588. The van der Waals surface area contributed by atoms with E-state index in [1.165, 1.54) is 11.8 Å². The Hall–Kier alpha value is -3.77. The third kappa shape index (κ3) is 6.34. The fraction of sp³-hybridized carbons (Fsp3) is 0.300. The number of rotatable bonds is 5. The molecule has 1 aromatic heterocycles. The van der Waals surface area contributed by atoms with Crippen molar-refractivity contribution in [3.05, 3.63) is 70.2 Å². The van der Waals surface area contributed by atoms with Crippen molar-refractivity contribution < 1.29 is 24.0 Å². The van der Waals surface area contributed by atoms with E-state index in [2.05, 4.69) is 20.6 Å². The van der Waals surface area contributed by atoms with E-state index in [0.717, 1.165) is 16.5 Å². The van der Waals surface area contributed by atoms with Gasteiger partial charge in [-0.05, 0) is 80.6 Å². The van der Waals surface area contributed by atoms with E-state index >= 15 is 0 Å². The summed E-state index contributed by atoms with van der Waals surface area (Å²) in [7, 11) is 0. The SMILES string of the molecule is CC(C)(C)[N+]1(C(=O)[O-])CCN(CC(=O)Nc2ccc(Cl)c(NC3=NC(=O)/C(=C/c4ccc5ncccc5c4)S3)c2)CC1. The van der Waals surface area contributed by atoms with Gasteiger partial charge in [-0.2, -0.15) is 4.99 Å². The van der Waals surface area contributed by atoms with Gasteiger partial charge in [0.15, 0.2) is 5.17 Å². The van der Waals surface area contributed by atoms with Gasteiger partial charge in [0.25, 0.3) is 12.0 Å². The molecule has 5 rings (SSSR count). The zero-order valence-corrected chi connectivity index (χ0v) is 25.1. The predicted octanol–water partition coefficient (Wildman–Crippen LogP) is 4.18. The Morgan fingerprint density at radius 2 is 1.90 bits per heavy atom. The third-order valence-corrected chi connectivity index (χ3v) is 8.86. The number of aliphatic imine (C=N–C) groups is 1. The lowest BCUT2D eigenvalue weighted by Gasteiger charge is -2.51. The van der Waals surface area contributed by atoms with Gasteiger partial charge < -0.3 is 20.5 Å². The Morgan fingerprint density at radius 3 is 2.62 bits per heavy atom. The smallest absolute Gasteiger partial charge is 0.286 e. The fourth-order valence-corrected chi connectivity index (χ4v) is 6.14. The van der Waals surface area contributed by atoms with Crippen LogP contribution in [0, 0.1) is 0 Å². The summed E-state index contributed by atoms with van der Waals surface area (Å²) in [6.07, 6.45) is 2.43. The monoisotopic (exact) mass is 606 g/mol. The summed E-state index contributed by atoms with van der Waals surface area (Å²) < 4.78 is -0.141. The van der Waals surface area contributed by atoms with Crippen molar-refractivity contribution in [2.75, 3.05) is 43.4 Å². The highest BCUT2D eigenvalue weighted by Crippen LogP contribution is 2.33. The van der Waals surface area contributed by atoms with Crippen molar-refractivity contribution in [3.63, 3.8) is 0 Å². The van der Waals surface area contributed by atoms with Crippen molar-refractivity contribution in [2.24, 2.45) is 4.99 Å². The number of nitrogens with zero attached hydrogens (tertiary/aromatic N) is 4. The standard InChI is InChI=1S/C30H31ClN6O4S/c1-30(2,3)37(29(40)41)13-11-36(12-14-37)18-26(38)33-21-7-8-22(31)24(17-21)34-28-35-27(39)25(42-28)16-19-6-9-23-20(15-19)5-4-10-32-23/h4-10,15-17H,11-14,18H2,1-3H3,(H2-,33,34,35,38,39,40,41)/b25-16-. The number of nitrogens with one attached hydrogen (secondary N) is 2. The number of thioether (sulfide) groups is 1. The van der Waals surface area contributed by atoms with E-state index in [4.69, 9.17) is 11.6 Å². The highest BCUT2D eigenvalue weighted by molar-refractivity contribution is 8.18. The second-order valence-corrected chi connectivity index (χ2v) is 12.7. The molecule has 0 saturated carbocycles. The lowest BCUT2D eigenvalue weighted by atomic mass is 10.00. The van der Waals surface area contributed by atoms with Gasteiger partial charge in [-0.25, -0.2) is 0 Å². The van der Waals surface area contributed by atoms with Crippen LogP contribution in [0.4, 0.5) is 16.2 Å². The number of quaternary nitrogens is 1. The summed E-state index contributed by atoms with van der Waals surface area (Å²) in [6, 6.07) is 14.6. The maximum atomic E-state index is 12.8. The number of carbonyl (C=O) groups is 3. The van der Waals surface area contributed by atoms with Crippen LogP contribution in [0.2, 0.25) is 5.02 Å². The van der Waals surface area contributed by atoms with Crippen molar-refractivity contribution in [2.45, 2.75) is 26.3 Å². The molecule has 0 spiro atoms. The lowest BCUT2D eigenvalue weighted by molar-refractivity contribution is -0.923. The van der Waals surface area contributed by atoms with Gasteiger partial charge in [0.1, 0.15) is 0 Å². The number of fused-ring (bicyclic) bond motifs is 1. The first-order chi connectivity index (χ1) is 19.9. The van der Waals surface area contributed by atoms with Crippen molar-refractivity contribution >= 4 is 74.8 Å². The number of carbonyl (C=O) groups excluding carboxylic acids is 3. The van der Waals surface area contributed by atoms with Gasteiger partial charge in [0.2, 0.25) is 5.91 Å². The van der Waals surface area contributed by atoms with E-state index < -0.39 is 11.6 Å². The van der Waals surface area contributed by atoms with E-state index in [1.54, 1.807) is 30.5 Å². The third-order valence-electron chi connectivity index (χ3n) is 7.63. The Labute approximate surface area is 253 Å². The maximum absolute atomic E-state index is 12.8. The van der Waals surface area contributed by atoms with Crippen LogP contribution in [0.3, 0.4) is 0 Å². The Balaban J connectivity index is 1.19. The Kier molecular flexibility index (Phi) is 8.38. The van der Waals surface area contributed by atoms with Crippen LogP contribution in [-0.2, 0) is 9.59 Å². The molecule has 42 heavy (non-hydrogen) atoms. The maximum Gasteiger partial charge on any atom is 0.286 e. The average molecular weight is 607 g/mol. The largest absolute Gasteiger partial charge is 0.498 e. The van der Waals surface area contributed by atoms with Crippen LogP contribution in [0.15, 0.2) is 64.6 Å². The van der Waals surface area contributed by atoms with Gasteiger partial charge in [0.05, 0.1) is 46.3 Å². The zero-order chi connectivity index (χ0) is 30.1. The summed E-state index contributed by atoms with van der Waals surface area (Å²) in [4.78, 5) is 48.2. The number of hydrogen-bond donors (Lipinski definition) is 2. The van der Waals surface area contributed by atoms with Gasteiger partial charge in [0, 0.05) is 30.4 Å². The minimum absolute atomic E-state index is 0.124. The Morgan fingerprint density at radius 1 is 1.14 bits per heavy atom.